The Balaban J connectivity index is 2.43. The Morgan fingerprint density at radius 1 is 1.44 bits per heavy atom. The third kappa shape index (κ3) is 2.50. The van der Waals surface area contributed by atoms with Gasteiger partial charge in [0.05, 0.1) is 6.54 Å². The van der Waals surface area contributed by atoms with Crippen LogP contribution in [0.5, 0.6) is 0 Å². The molecule has 0 aliphatic rings. The van der Waals surface area contributed by atoms with Crippen LogP contribution in [0.2, 0.25) is 0 Å². The predicted molar refractivity (Wildman–Crippen MR) is 64.5 cm³/mol. The fourth-order valence-electron chi connectivity index (χ4n) is 1.70. The Morgan fingerprint density at radius 2 is 2.22 bits per heavy atom. The van der Waals surface area contributed by atoms with Gasteiger partial charge in [-0.25, -0.2) is 13.8 Å². The molecule has 8 heteroatoms. The van der Waals surface area contributed by atoms with Crippen molar-refractivity contribution in [1.82, 2.24) is 19.6 Å². The first-order valence-electron chi connectivity index (χ1n) is 5.39. The minimum absolute atomic E-state index is 0.239. The average Bonchev–Trinajstić information content (AvgIpc) is 2.70. The SMILES string of the molecule is Cc1nnc2c(N(CCCl)CC(F)F)nccn12. The van der Waals surface area contributed by atoms with Crippen LogP contribution >= 0.6 is 11.6 Å². The number of nitrogens with zero attached hydrogens (tertiary/aromatic N) is 5. The summed E-state index contributed by atoms with van der Waals surface area (Å²) in [6, 6.07) is 0. The molecule has 0 fully saturated rings. The molecular formula is C10H12ClF2N5. The minimum Gasteiger partial charge on any atom is -0.347 e. The molecule has 0 saturated heterocycles. The Bertz CT molecular complexity index is 530. The standard InChI is InChI=1S/C10H12ClF2N5/c1-7-15-16-10-9(14-3-5-18(7)10)17(4-2-11)6-8(12)13/h3,5,8H,2,4,6H2,1H3. The molecule has 2 aromatic rings. The number of aryl methyl sites for hydroxylation is 1. The number of hydrogen-bond acceptors (Lipinski definition) is 4. The summed E-state index contributed by atoms with van der Waals surface area (Å²) in [6.07, 6.45) is 0.764. The topological polar surface area (TPSA) is 46.3 Å². The van der Waals surface area contributed by atoms with Crippen molar-refractivity contribution in [3.05, 3.63) is 18.2 Å². The maximum atomic E-state index is 12.5. The van der Waals surface area contributed by atoms with Gasteiger partial charge in [0.1, 0.15) is 5.82 Å². The number of hydrogen-bond donors (Lipinski definition) is 0. The third-order valence-corrected chi connectivity index (χ3v) is 2.66. The van der Waals surface area contributed by atoms with Gasteiger partial charge in [0, 0.05) is 24.8 Å². The van der Waals surface area contributed by atoms with Gasteiger partial charge in [-0.15, -0.1) is 21.8 Å². The van der Waals surface area contributed by atoms with Gasteiger partial charge in [0.15, 0.2) is 5.82 Å². The van der Waals surface area contributed by atoms with Gasteiger partial charge in [-0.1, -0.05) is 0 Å². The van der Waals surface area contributed by atoms with Crippen molar-refractivity contribution in [2.45, 2.75) is 13.3 Å². The molecule has 0 atom stereocenters. The number of rotatable bonds is 5. The van der Waals surface area contributed by atoms with Crippen molar-refractivity contribution in [1.29, 1.82) is 0 Å². The molecule has 5 nitrogen and oxygen atoms in total. The monoisotopic (exact) mass is 275 g/mol. The summed E-state index contributed by atoms with van der Waals surface area (Å²) in [5.41, 5.74) is 0.459. The maximum absolute atomic E-state index is 12.5. The highest BCUT2D eigenvalue weighted by Gasteiger charge is 2.18. The summed E-state index contributed by atoms with van der Waals surface area (Å²) in [7, 11) is 0. The molecule has 0 spiro atoms. The zero-order valence-corrected chi connectivity index (χ0v) is 10.5. The Labute approximate surface area is 107 Å². The lowest BCUT2D eigenvalue weighted by Gasteiger charge is -2.22. The Hall–Kier alpha value is -1.50. The average molecular weight is 276 g/mol. The smallest absolute Gasteiger partial charge is 0.255 e. The van der Waals surface area contributed by atoms with E-state index in [1.54, 1.807) is 17.5 Å². The van der Waals surface area contributed by atoms with E-state index in [1.165, 1.54) is 11.1 Å². The van der Waals surface area contributed by atoms with E-state index in [0.717, 1.165) is 0 Å². The lowest BCUT2D eigenvalue weighted by molar-refractivity contribution is 0.155. The van der Waals surface area contributed by atoms with Gasteiger partial charge in [-0.3, -0.25) is 4.40 Å². The van der Waals surface area contributed by atoms with Crippen LogP contribution in [0.4, 0.5) is 14.6 Å². The first kappa shape index (κ1) is 12.9. The zero-order valence-electron chi connectivity index (χ0n) is 9.72. The van der Waals surface area contributed by atoms with Gasteiger partial charge < -0.3 is 4.90 Å². The number of halogens is 3. The molecule has 18 heavy (non-hydrogen) atoms. The lowest BCUT2D eigenvalue weighted by atomic mass is 10.4. The quantitative estimate of drug-likeness (QED) is 0.780. The van der Waals surface area contributed by atoms with E-state index in [1.807, 2.05) is 0 Å². The van der Waals surface area contributed by atoms with Crippen molar-refractivity contribution >= 4 is 23.1 Å². The molecule has 0 amide bonds. The summed E-state index contributed by atoms with van der Waals surface area (Å²) in [6.45, 7) is 1.64. The zero-order chi connectivity index (χ0) is 13.1. The largest absolute Gasteiger partial charge is 0.347 e. The van der Waals surface area contributed by atoms with Crippen molar-refractivity contribution < 1.29 is 8.78 Å². The predicted octanol–water partition coefficient (Wildman–Crippen LogP) is 1.74. The molecule has 2 aromatic heterocycles. The second-order valence-corrected chi connectivity index (χ2v) is 4.10. The van der Waals surface area contributed by atoms with Gasteiger partial charge in [0.25, 0.3) is 6.43 Å². The molecule has 0 aliphatic heterocycles. The van der Waals surface area contributed by atoms with Crippen molar-refractivity contribution in [3.63, 3.8) is 0 Å². The number of alkyl halides is 3. The van der Waals surface area contributed by atoms with Crippen LogP contribution in [-0.4, -0.2) is 45.0 Å². The molecule has 2 heterocycles. The number of fused-ring (bicyclic) bond motifs is 1. The van der Waals surface area contributed by atoms with E-state index < -0.39 is 13.0 Å². The summed E-state index contributed by atoms with van der Waals surface area (Å²) < 4.78 is 26.8. The summed E-state index contributed by atoms with van der Waals surface area (Å²) in [4.78, 5) is 5.52. The second kappa shape index (κ2) is 5.43. The van der Waals surface area contributed by atoms with E-state index in [9.17, 15) is 8.78 Å². The van der Waals surface area contributed by atoms with Crippen LogP contribution < -0.4 is 4.90 Å². The maximum Gasteiger partial charge on any atom is 0.255 e. The molecule has 0 unspecified atom stereocenters. The van der Waals surface area contributed by atoms with E-state index >= 15 is 0 Å². The molecule has 0 aliphatic carbocycles. The lowest BCUT2D eigenvalue weighted by Crippen LogP contribution is -2.32. The molecular weight excluding hydrogens is 264 g/mol. The van der Waals surface area contributed by atoms with E-state index in [2.05, 4.69) is 15.2 Å². The Kier molecular flexibility index (Phi) is 3.90. The van der Waals surface area contributed by atoms with Crippen molar-refractivity contribution in [3.8, 4) is 0 Å². The number of aromatic nitrogens is 4. The normalized spacial score (nSPS) is 11.4. The molecule has 0 aromatic carbocycles. The highest BCUT2D eigenvalue weighted by atomic mass is 35.5. The number of anilines is 1. The Morgan fingerprint density at radius 3 is 2.89 bits per heavy atom. The summed E-state index contributed by atoms with van der Waals surface area (Å²) in [5.74, 6) is 1.29. The van der Waals surface area contributed by atoms with Crippen LogP contribution in [0, 0.1) is 6.92 Å². The van der Waals surface area contributed by atoms with Gasteiger partial charge in [0.2, 0.25) is 5.65 Å². The first-order valence-corrected chi connectivity index (χ1v) is 5.92. The molecule has 0 saturated carbocycles. The van der Waals surface area contributed by atoms with Gasteiger partial charge in [-0.05, 0) is 6.92 Å². The van der Waals surface area contributed by atoms with E-state index in [0.29, 0.717) is 17.3 Å². The highest BCUT2D eigenvalue weighted by molar-refractivity contribution is 6.18. The molecule has 0 bridgehead atoms. The van der Waals surface area contributed by atoms with Crippen molar-refractivity contribution in [2.75, 3.05) is 23.9 Å². The van der Waals surface area contributed by atoms with Crippen LogP contribution in [0.25, 0.3) is 5.65 Å². The van der Waals surface area contributed by atoms with Gasteiger partial charge >= 0.3 is 0 Å². The molecule has 98 valence electrons. The van der Waals surface area contributed by atoms with E-state index in [-0.39, 0.29) is 12.4 Å². The summed E-state index contributed by atoms with van der Waals surface area (Å²) in [5, 5.41) is 7.85. The minimum atomic E-state index is -2.46. The fraction of sp³-hybridized carbons (Fsp3) is 0.500. The van der Waals surface area contributed by atoms with Crippen LogP contribution in [0.15, 0.2) is 12.4 Å². The molecule has 2 rings (SSSR count). The molecule has 0 N–H and O–H groups in total. The third-order valence-electron chi connectivity index (χ3n) is 2.49. The van der Waals surface area contributed by atoms with Crippen LogP contribution in [-0.2, 0) is 0 Å². The highest BCUT2D eigenvalue weighted by Crippen LogP contribution is 2.18. The van der Waals surface area contributed by atoms with Gasteiger partial charge in [-0.2, -0.15) is 0 Å². The van der Waals surface area contributed by atoms with Crippen molar-refractivity contribution in [2.24, 2.45) is 0 Å². The molecule has 0 radical (unpaired) electrons. The fourth-order valence-corrected chi connectivity index (χ4v) is 1.91. The second-order valence-electron chi connectivity index (χ2n) is 3.72. The summed E-state index contributed by atoms with van der Waals surface area (Å²) >= 11 is 5.63. The first-order chi connectivity index (χ1) is 8.63. The van der Waals surface area contributed by atoms with Crippen LogP contribution in [0.3, 0.4) is 0 Å². The van der Waals surface area contributed by atoms with E-state index in [4.69, 9.17) is 11.6 Å². The van der Waals surface area contributed by atoms with Crippen LogP contribution in [0.1, 0.15) is 5.82 Å².